The van der Waals surface area contributed by atoms with E-state index in [0.717, 1.165) is 31.2 Å². The van der Waals surface area contributed by atoms with Crippen molar-refractivity contribution in [1.82, 2.24) is 10.2 Å². The minimum atomic E-state index is -0.986. The average Bonchev–Trinajstić information content (AvgIpc) is 2.65. The van der Waals surface area contributed by atoms with Crippen molar-refractivity contribution in [2.24, 2.45) is 11.7 Å². The summed E-state index contributed by atoms with van der Waals surface area (Å²) >= 11 is 0. The molecule has 1 saturated carbocycles. The third kappa shape index (κ3) is 4.47. The van der Waals surface area contributed by atoms with Crippen molar-refractivity contribution in [1.29, 1.82) is 5.41 Å². The van der Waals surface area contributed by atoms with Crippen molar-refractivity contribution in [2.45, 2.75) is 57.2 Å². The number of carbonyl (C=O) groups is 2. The number of nitrogens with zero attached hydrogens (tertiary/aromatic N) is 1. The fourth-order valence-corrected chi connectivity index (χ4v) is 3.85. The van der Waals surface area contributed by atoms with Crippen LogP contribution in [0.1, 0.15) is 49.7 Å². The Bertz CT molecular complexity index is 698. The number of amides is 2. The van der Waals surface area contributed by atoms with Gasteiger partial charge in [-0.3, -0.25) is 15.0 Å². The monoisotopic (exact) mass is 372 g/mol. The lowest BCUT2D eigenvalue weighted by Crippen LogP contribution is -2.61. The lowest BCUT2D eigenvalue weighted by molar-refractivity contribution is -0.157. The first-order valence-corrected chi connectivity index (χ1v) is 9.67. The largest absolute Gasteiger partial charge is 0.384 e. The molecule has 3 rings (SSSR count). The summed E-state index contributed by atoms with van der Waals surface area (Å²) < 4.78 is 0. The van der Waals surface area contributed by atoms with Crippen molar-refractivity contribution < 1.29 is 14.7 Å². The molecule has 1 saturated heterocycles. The molecule has 2 aliphatic rings. The number of rotatable bonds is 6. The van der Waals surface area contributed by atoms with E-state index in [0.29, 0.717) is 25.1 Å². The van der Waals surface area contributed by atoms with E-state index in [2.05, 4.69) is 5.32 Å². The summed E-state index contributed by atoms with van der Waals surface area (Å²) in [6.45, 7) is 0.870. The van der Waals surface area contributed by atoms with Gasteiger partial charge in [0, 0.05) is 18.7 Å². The van der Waals surface area contributed by atoms with Gasteiger partial charge in [0.25, 0.3) is 5.91 Å². The molecule has 1 heterocycles. The van der Waals surface area contributed by atoms with E-state index in [1.165, 1.54) is 11.3 Å². The number of carbonyl (C=O) groups excluding carboxylic acids is 2. The highest BCUT2D eigenvalue weighted by molar-refractivity contribution is 5.95. The number of likely N-dealkylation sites (tertiary alicyclic amines) is 1. The van der Waals surface area contributed by atoms with Gasteiger partial charge in [-0.25, -0.2) is 0 Å². The summed E-state index contributed by atoms with van der Waals surface area (Å²) in [5.41, 5.74) is 6.96. The zero-order valence-electron chi connectivity index (χ0n) is 15.5. The van der Waals surface area contributed by atoms with E-state index in [4.69, 9.17) is 11.1 Å². The van der Waals surface area contributed by atoms with Crippen LogP contribution in [-0.4, -0.2) is 46.3 Å². The highest BCUT2D eigenvalue weighted by Gasteiger charge is 2.41. The first-order chi connectivity index (χ1) is 13.0. The van der Waals surface area contributed by atoms with Gasteiger partial charge in [0.2, 0.25) is 5.91 Å². The van der Waals surface area contributed by atoms with Crippen LogP contribution >= 0.6 is 0 Å². The Balaban J connectivity index is 1.51. The summed E-state index contributed by atoms with van der Waals surface area (Å²) in [4.78, 5) is 26.5. The summed E-state index contributed by atoms with van der Waals surface area (Å²) in [5.74, 6) is -0.471. The van der Waals surface area contributed by atoms with Crippen molar-refractivity contribution in [3.63, 3.8) is 0 Å². The van der Waals surface area contributed by atoms with Crippen LogP contribution in [0, 0.1) is 11.3 Å². The number of aliphatic hydroxyl groups is 1. The summed E-state index contributed by atoms with van der Waals surface area (Å²) in [5, 5.41) is 20.6. The molecule has 1 aromatic carbocycles. The van der Waals surface area contributed by atoms with Crippen LogP contribution < -0.4 is 11.1 Å². The average molecular weight is 372 g/mol. The Morgan fingerprint density at radius 2 is 1.85 bits per heavy atom. The molecule has 27 heavy (non-hydrogen) atoms. The maximum absolute atomic E-state index is 12.6. The Kier molecular flexibility index (Phi) is 6.11. The van der Waals surface area contributed by atoms with Gasteiger partial charge in [0.05, 0.1) is 0 Å². The van der Waals surface area contributed by atoms with Gasteiger partial charge in [-0.15, -0.1) is 0 Å². The second-order valence-corrected chi connectivity index (χ2v) is 7.51. The highest BCUT2D eigenvalue weighted by Crippen LogP contribution is 2.29. The van der Waals surface area contributed by atoms with Crippen LogP contribution in [0.5, 0.6) is 0 Å². The van der Waals surface area contributed by atoms with Crippen LogP contribution in [-0.2, 0) is 16.1 Å². The molecule has 1 aromatic rings. The third-order valence-corrected chi connectivity index (χ3v) is 5.69. The number of hydrogen-bond acceptors (Lipinski definition) is 4. The van der Waals surface area contributed by atoms with E-state index >= 15 is 0 Å². The smallest absolute Gasteiger partial charge is 0.252 e. The van der Waals surface area contributed by atoms with Gasteiger partial charge < -0.3 is 21.1 Å². The number of nitrogen functional groups attached to an aromatic ring is 1. The lowest BCUT2D eigenvalue weighted by Gasteiger charge is -2.42. The molecule has 2 amide bonds. The lowest BCUT2D eigenvalue weighted by atomic mass is 9.84. The molecule has 2 unspecified atom stereocenters. The molecule has 1 aliphatic heterocycles. The van der Waals surface area contributed by atoms with Crippen molar-refractivity contribution in [3.8, 4) is 0 Å². The Morgan fingerprint density at radius 1 is 1.19 bits per heavy atom. The van der Waals surface area contributed by atoms with Gasteiger partial charge in [-0.2, -0.15) is 0 Å². The highest BCUT2D eigenvalue weighted by atomic mass is 16.3. The van der Waals surface area contributed by atoms with Crippen LogP contribution in [0.3, 0.4) is 0 Å². The minimum Gasteiger partial charge on any atom is -0.384 e. The van der Waals surface area contributed by atoms with Crippen LogP contribution in [0.2, 0.25) is 0 Å². The van der Waals surface area contributed by atoms with Crippen molar-refractivity contribution in [3.05, 3.63) is 35.4 Å². The van der Waals surface area contributed by atoms with Crippen LogP contribution in [0.25, 0.3) is 0 Å². The van der Waals surface area contributed by atoms with Crippen LogP contribution in [0.15, 0.2) is 24.3 Å². The molecule has 0 spiro atoms. The standard InChI is InChI=1S/C20H28N4O3/c21-18(22)15-8-6-13(7-9-15)12-23-19(26)16-10-11-24(16)20(27)17(25)14-4-2-1-3-5-14/h6-9,14,16-17,25H,1-5,10-12H2,(H3,21,22)(H,23,26). The molecule has 5 N–H and O–H groups in total. The topological polar surface area (TPSA) is 120 Å². The normalized spacial score (nSPS) is 21.2. The first-order valence-electron chi connectivity index (χ1n) is 9.67. The summed E-state index contributed by atoms with van der Waals surface area (Å²) in [6.07, 6.45) is 4.68. The number of aliphatic hydroxyl groups excluding tert-OH is 1. The van der Waals surface area contributed by atoms with Gasteiger partial charge in [0.15, 0.2) is 0 Å². The van der Waals surface area contributed by atoms with Crippen molar-refractivity contribution in [2.75, 3.05) is 6.54 Å². The maximum atomic E-state index is 12.6. The van der Waals surface area contributed by atoms with E-state index in [1.54, 1.807) is 12.1 Å². The zero-order valence-corrected chi connectivity index (χ0v) is 15.5. The van der Waals surface area contributed by atoms with Gasteiger partial charge in [-0.05, 0) is 30.7 Å². The number of benzene rings is 1. The predicted molar refractivity (Wildman–Crippen MR) is 102 cm³/mol. The van der Waals surface area contributed by atoms with Crippen LogP contribution in [0.4, 0.5) is 0 Å². The Morgan fingerprint density at radius 3 is 2.41 bits per heavy atom. The number of hydrogen-bond donors (Lipinski definition) is 4. The molecule has 0 bridgehead atoms. The molecular weight excluding hydrogens is 344 g/mol. The molecule has 2 atom stereocenters. The SMILES string of the molecule is N=C(N)c1ccc(CNC(=O)C2CCN2C(=O)C(O)C2CCCCC2)cc1. The third-order valence-electron chi connectivity index (χ3n) is 5.69. The van der Waals surface area contributed by atoms with Gasteiger partial charge >= 0.3 is 0 Å². The quantitative estimate of drug-likeness (QED) is 0.442. The Labute approximate surface area is 159 Å². The summed E-state index contributed by atoms with van der Waals surface area (Å²) in [6, 6.07) is 6.61. The van der Waals surface area contributed by atoms with E-state index in [-0.39, 0.29) is 23.6 Å². The molecule has 7 heteroatoms. The second kappa shape index (κ2) is 8.52. The van der Waals surface area contributed by atoms with Gasteiger partial charge in [-0.1, -0.05) is 43.5 Å². The molecule has 0 radical (unpaired) electrons. The molecule has 146 valence electrons. The Hall–Kier alpha value is -2.41. The molecule has 0 aromatic heterocycles. The minimum absolute atomic E-state index is 0.00531. The molecular formula is C20H28N4O3. The van der Waals surface area contributed by atoms with E-state index < -0.39 is 12.1 Å². The summed E-state index contributed by atoms with van der Waals surface area (Å²) in [7, 11) is 0. The fourth-order valence-electron chi connectivity index (χ4n) is 3.85. The second-order valence-electron chi connectivity index (χ2n) is 7.51. The predicted octanol–water partition coefficient (Wildman–Crippen LogP) is 1.13. The molecule has 1 aliphatic carbocycles. The number of nitrogens with two attached hydrogens (primary N) is 1. The fraction of sp³-hybridized carbons (Fsp3) is 0.550. The first kappa shape index (κ1) is 19.4. The van der Waals surface area contributed by atoms with Gasteiger partial charge in [0.1, 0.15) is 18.0 Å². The maximum Gasteiger partial charge on any atom is 0.252 e. The number of nitrogens with one attached hydrogen (secondary N) is 2. The number of amidine groups is 1. The molecule has 2 fully saturated rings. The van der Waals surface area contributed by atoms with E-state index in [9.17, 15) is 14.7 Å². The molecule has 7 nitrogen and oxygen atoms in total. The van der Waals surface area contributed by atoms with E-state index in [1.807, 2.05) is 12.1 Å². The van der Waals surface area contributed by atoms with Crippen molar-refractivity contribution >= 4 is 17.6 Å². The zero-order chi connectivity index (χ0) is 19.4.